The second-order valence-electron chi connectivity index (χ2n) is 8.96. The third kappa shape index (κ3) is 5.07. The highest BCUT2D eigenvalue weighted by molar-refractivity contribution is 7.93. The topological polar surface area (TPSA) is 95.8 Å². The predicted octanol–water partition coefficient (Wildman–Crippen LogP) is 2.13. The molecule has 0 aromatic carbocycles. The lowest BCUT2D eigenvalue weighted by molar-refractivity contribution is -0.132. The number of hydrogen-bond acceptors (Lipinski definition) is 6. The van der Waals surface area contributed by atoms with Crippen molar-refractivity contribution >= 4 is 27.4 Å². The van der Waals surface area contributed by atoms with Gasteiger partial charge < -0.3 is 9.80 Å². The average Bonchev–Trinajstić information content (AvgIpc) is 2.94. The standard InChI is InChI=1S/C22H33N5O3S/c1-16-23-20-7-4-3-6-19(20)21(24-16)27-10-5-14-31(30,15-13-27)25-22(29)18-8-11-26(12-9-18)17(2)28/h18H,3-15H2,1-2H3. The first-order valence-corrected chi connectivity index (χ1v) is 13.3. The number of rotatable bonds is 2. The van der Waals surface area contributed by atoms with E-state index in [2.05, 4.69) is 14.2 Å². The molecule has 1 aromatic rings. The van der Waals surface area contributed by atoms with E-state index in [4.69, 9.17) is 4.98 Å². The molecule has 1 atom stereocenters. The third-order valence-electron chi connectivity index (χ3n) is 6.69. The Morgan fingerprint density at radius 1 is 1.00 bits per heavy atom. The molecule has 1 aromatic heterocycles. The molecule has 0 spiro atoms. The lowest BCUT2D eigenvalue weighted by atomic mass is 9.96. The Balaban J connectivity index is 1.46. The number of amides is 2. The summed E-state index contributed by atoms with van der Waals surface area (Å²) in [7, 11) is -2.57. The predicted molar refractivity (Wildman–Crippen MR) is 121 cm³/mol. The maximum absolute atomic E-state index is 13.5. The molecule has 2 fully saturated rings. The van der Waals surface area contributed by atoms with Crippen molar-refractivity contribution in [3.05, 3.63) is 17.1 Å². The van der Waals surface area contributed by atoms with Gasteiger partial charge in [-0.05, 0) is 51.9 Å². The minimum atomic E-state index is -2.57. The van der Waals surface area contributed by atoms with Gasteiger partial charge in [-0.1, -0.05) is 0 Å². The minimum Gasteiger partial charge on any atom is -0.355 e. The maximum Gasteiger partial charge on any atom is 0.257 e. The number of fused-ring (bicyclic) bond motifs is 1. The third-order valence-corrected chi connectivity index (χ3v) is 8.95. The monoisotopic (exact) mass is 447 g/mol. The number of likely N-dealkylation sites (tertiary alicyclic amines) is 1. The summed E-state index contributed by atoms with van der Waals surface area (Å²) in [5, 5.41) is 0. The Labute approximate surface area is 185 Å². The van der Waals surface area contributed by atoms with Crippen LogP contribution in [0.3, 0.4) is 0 Å². The zero-order chi connectivity index (χ0) is 22.0. The van der Waals surface area contributed by atoms with Crippen molar-refractivity contribution in [2.24, 2.45) is 10.3 Å². The Morgan fingerprint density at radius 3 is 2.48 bits per heavy atom. The van der Waals surface area contributed by atoms with E-state index in [1.54, 1.807) is 11.8 Å². The molecule has 1 aliphatic carbocycles. The molecule has 2 saturated heterocycles. The number of anilines is 1. The van der Waals surface area contributed by atoms with Crippen LogP contribution in [0.5, 0.6) is 0 Å². The highest BCUT2D eigenvalue weighted by Gasteiger charge is 2.29. The van der Waals surface area contributed by atoms with Gasteiger partial charge in [0, 0.05) is 61.8 Å². The zero-order valence-electron chi connectivity index (χ0n) is 18.6. The molecule has 3 heterocycles. The van der Waals surface area contributed by atoms with Gasteiger partial charge in [0.25, 0.3) is 5.91 Å². The summed E-state index contributed by atoms with van der Waals surface area (Å²) in [6.45, 7) is 6.02. The molecular weight excluding hydrogens is 414 g/mol. The molecule has 1 unspecified atom stereocenters. The Bertz CT molecular complexity index is 978. The van der Waals surface area contributed by atoms with Crippen LogP contribution in [0.15, 0.2) is 4.36 Å². The first kappa shape index (κ1) is 22.2. The van der Waals surface area contributed by atoms with Gasteiger partial charge in [0.15, 0.2) is 0 Å². The molecule has 31 heavy (non-hydrogen) atoms. The highest BCUT2D eigenvalue weighted by Crippen LogP contribution is 2.29. The zero-order valence-corrected chi connectivity index (χ0v) is 19.5. The Kier molecular flexibility index (Phi) is 6.60. The van der Waals surface area contributed by atoms with E-state index in [-0.39, 0.29) is 17.7 Å². The smallest absolute Gasteiger partial charge is 0.257 e. The van der Waals surface area contributed by atoms with Gasteiger partial charge in [0.2, 0.25) is 5.91 Å². The van der Waals surface area contributed by atoms with Gasteiger partial charge in [-0.3, -0.25) is 9.59 Å². The van der Waals surface area contributed by atoms with Crippen LogP contribution in [0.4, 0.5) is 5.82 Å². The normalized spacial score (nSPS) is 25.0. The van der Waals surface area contributed by atoms with Crippen LogP contribution in [-0.4, -0.2) is 68.6 Å². The van der Waals surface area contributed by atoms with Gasteiger partial charge in [0.1, 0.15) is 11.6 Å². The van der Waals surface area contributed by atoms with Gasteiger partial charge in [-0.15, -0.1) is 0 Å². The lowest BCUT2D eigenvalue weighted by Crippen LogP contribution is -2.39. The number of aromatic nitrogens is 2. The molecule has 3 aliphatic rings. The van der Waals surface area contributed by atoms with E-state index < -0.39 is 9.73 Å². The van der Waals surface area contributed by atoms with Gasteiger partial charge in [-0.25, -0.2) is 14.2 Å². The fourth-order valence-electron chi connectivity index (χ4n) is 4.89. The van der Waals surface area contributed by atoms with E-state index >= 15 is 0 Å². The molecule has 2 aliphatic heterocycles. The Morgan fingerprint density at radius 2 is 1.74 bits per heavy atom. The summed E-state index contributed by atoms with van der Waals surface area (Å²) in [5.41, 5.74) is 2.41. The van der Waals surface area contributed by atoms with Crippen LogP contribution >= 0.6 is 0 Å². The van der Waals surface area contributed by atoms with Crippen LogP contribution < -0.4 is 4.90 Å². The van der Waals surface area contributed by atoms with Crippen LogP contribution in [0, 0.1) is 12.8 Å². The van der Waals surface area contributed by atoms with E-state index in [9.17, 15) is 13.8 Å². The van der Waals surface area contributed by atoms with Crippen molar-refractivity contribution in [2.75, 3.05) is 42.6 Å². The summed E-state index contributed by atoms with van der Waals surface area (Å²) in [5.74, 6) is 2.21. The number of carbonyl (C=O) groups is 2. The first-order chi connectivity index (χ1) is 14.8. The summed E-state index contributed by atoms with van der Waals surface area (Å²) in [4.78, 5) is 37.7. The lowest BCUT2D eigenvalue weighted by Gasteiger charge is -2.29. The number of hydrogen-bond donors (Lipinski definition) is 0. The van der Waals surface area contributed by atoms with E-state index in [0.29, 0.717) is 44.0 Å². The molecule has 0 N–H and O–H groups in total. The summed E-state index contributed by atoms with van der Waals surface area (Å²) >= 11 is 0. The fourth-order valence-corrected chi connectivity index (χ4v) is 6.84. The maximum atomic E-state index is 13.5. The molecule has 0 bridgehead atoms. The highest BCUT2D eigenvalue weighted by atomic mass is 32.2. The van der Waals surface area contributed by atoms with Crippen molar-refractivity contribution in [3.63, 3.8) is 0 Å². The van der Waals surface area contributed by atoms with E-state index in [1.807, 2.05) is 6.92 Å². The molecule has 0 radical (unpaired) electrons. The van der Waals surface area contributed by atoms with Crippen molar-refractivity contribution in [1.29, 1.82) is 0 Å². The summed E-state index contributed by atoms with van der Waals surface area (Å²) in [6.07, 6.45) is 6.27. The van der Waals surface area contributed by atoms with Crippen molar-refractivity contribution in [1.82, 2.24) is 14.9 Å². The number of aryl methyl sites for hydroxylation is 2. The van der Waals surface area contributed by atoms with E-state index in [1.165, 1.54) is 12.0 Å². The molecule has 8 nitrogen and oxygen atoms in total. The number of nitrogens with zero attached hydrogens (tertiary/aromatic N) is 5. The SMILES string of the molecule is CC(=O)N1CCC(C(=O)N=S2(=O)CCCN(c3nc(C)nc4c3CCCC4)CC2)CC1. The average molecular weight is 448 g/mol. The number of piperidine rings is 1. The van der Waals surface area contributed by atoms with Crippen LogP contribution in [0.2, 0.25) is 0 Å². The van der Waals surface area contributed by atoms with Crippen LogP contribution in [-0.2, 0) is 32.2 Å². The van der Waals surface area contributed by atoms with Gasteiger partial charge in [0.05, 0.1) is 9.73 Å². The molecule has 170 valence electrons. The van der Waals surface area contributed by atoms with Crippen molar-refractivity contribution in [2.45, 2.75) is 58.8 Å². The number of carbonyl (C=O) groups excluding carboxylic acids is 2. The van der Waals surface area contributed by atoms with E-state index in [0.717, 1.165) is 49.6 Å². The minimum absolute atomic E-state index is 0.0414. The molecule has 4 rings (SSSR count). The van der Waals surface area contributed by atoms with Crippen LogP contribution in [0.1, 0.15) is 56.1 Å². The quantitative estimate of drug-likeness (QED) is 0.689. The van der Waals surface area contributed by atoms with Crippen molar-refractivity contribution < 1.29 is 13.8 Å². The summed E-state index contributed by atoms with van der Waals surface area (Å²) < 4.78 is 17.8. The second kappa shape index (κ2) is 9.22. The molecule has 9 heteroatoms. The van der Waals surface area contributed by atoms with Crippen molar-refractivity contribution in [3.8, 4) is 0 Å². The first-order valence-electron chi connectivity index (χ1n) is 11.5. The van der Waals surface area contributed by atoms with Gasteiger partial charge in [-0.2, -0.15) is 4.36 Å². The fraction of sp³-hybridized carbons (Fsp3) is 0.727. The molecule has 0 saturated carbocycles. The summed E-state index contributed by atoms with van der Waals surface area (Å²) in [6, 6.07) is 0. The van der Waals surface area contributed by atoms with Crippen LogP contribution in [0.25, 0.3) is 0 Å². The molecular formula is C22H33N5O3S. The van der Waals surface area contributed by atoms with Gasteiger partial charge >= 0.3 is 0 Å². The Hall–Kier alpha value is -2.03. The second-order valence-corrected chi connectivity index (χ2v) is 11.5. The molecule has 2 amide bonds. The largest absolute Gasteiger partial charge is 0.355 e.